The van der Waals surface area contributed by atoms with E-state index in [2.05, 4.69) is 17.1 Å². The summed E-state index contributed by atoms with van der Waals surface area (Å²) in [5.74, 6) is 0.637. The molecule has 0 bridgehead atoms. The molecule has 3 atom stereocenters. The van der Waals surface area contributed by atoms with Gasteiger partial charge in [0.1, 0.15) is 0 Å². The topological polar surface area (TPSA) is 82.0 Å². The van der Waals surface area contributed by atoms with Crippen molar-refractivity contribution in [2.75, 3.05) is 26.7 Å². The summed E-state index contributed by atoms with van der Waals surface area (Å²) < 4.78 is 5.31. The van der Waals surface area contributed by atoms with Crippen LogP contribution in [0, 0.1) is 5.92 Å². The molecule has 1 saturated carbocycles. The van der Waals surface area contributed by atoms with Crippen LogP contribution in [0.2, 0.25) is 0 Å². The first-order chi connectivity index (χ1) is 13.5. The average Bonchev–Trinajstić information content (AvgIpc) is 2.69. The number of phenols is 1. The van der Waals surface area contributed by atoms with Gasteiger partial charge in [-0.25, -0.2) is 0 Å². The molecule has 3 N–H and O–H groups in total. The van der Waals surface area contributed by atoms with Crippen molar-refractivity contribution in [2.24, 2.45) is 5.92 Å². The van der Waals surface area contributed by atoms with E-state index in [9.17, 15) is 15.0 Å². The second kappa shape index (κ2) is 9.14. The molecule has 1 amide bonds. The van der Waals surface area contributed by atoms with Crippen molar-refractivity contribution in [1.29, 1.82) is 0 Å². The molecule has 1 heterocycles. The number of unbranched alkanes of at least 4 members (excludes halogenated alkanes) is 1. The summed E-state index contributed by atoms with van der Waals surface area (Å²) in [6.45, 7) is 3.81. The molecule has 0 radical (unpaired) electrons. The van der Waals surface area contributed by atoms with Crippen molar-refractivity contribution in [1.82, 2.24) is 10.2 Å². The van der Waals surface area contributed by atoms with E-state index in [0.29, 0.717) is 31.8 Å². The Hall–Kier alpha value is -1.79. The van der Waals surface area contributed by atoms with Gasteiger partial charge in [-0.2, -0.15) is 0 Å². The molecule has 2 aliphatic rings. The second-order valence-corrected chi connectivity index (χ2v) is 8.26. The molecule has 2 fully saturated rings. The number of rotatable bonds is 7. The largest absolute Gasteiger partial charge is 0.504 e. The molecule has 1 aliphatic carbocycles. The number of nitrogens with zero attached hydrogens (tertiary/aromatic N) is 1. The summed E-state index contributed by atoms with van der Waals surface area (Å²) in [5, 5.41) is 24.3. The minimum absolute atomic E-state index is 0.0328. The average molecular weight is 391 g/mol. The predicted molar refractivity (Wildman–Crippen MR) is 108 cm³/mol. The van der Waals surface area contributed by atoms with Gasteiger partial charge in [-0.15, -0.1) is 0 Å². The Bertz CT molecular complexity index is 681. The third-order valence-electron chi connectivity index (χ3n) is 6.42. The fraction of sp³-hybridized carbons (Fsp3) is 0.682. The zero-order chi connectivity index (χ0) is 20.1. The van der Waals surface area contributed by atoms with Crippen molar-refractivity contribution in [3.8, 4) is 11.5 Å². The molecule has 3 rings (SSSR count). The minimum Gasteiger partial charge on any atom is -0.504 e. The lowest BCUT2D eigenvalue weighted by atomic mass is 9.66. The lowest BCUT2D eigenvalue weighted by Gasteiger charge is -2.52. The zero-order valence-corrected chi connectivity index (χ0v) is 17.1. The van der Waals surface area contributed by atoms with Crippen LogP contribution in [0.5, 0.6) is 11.5 Å². The quantitative estimate of drug-likeness (QED) is 0.624. The van der Waals surface area contributed by atoms with Crippen molar-refractivity contribution < 1.29 is 19.7 Å². The maximum absolute atomic E-state index is 12.5. The summed E-state index contributed by atoms with van der Waals surface area (Å²) in [6.07, 6.45) is 6.64. The monoisotopic (exact) mass is 390 g/mol. The molecule has 28 heavy (non-hydrogen) atoms. The van der Waals surface area contributed by atoms with Gasteiger partial charge >= 0.3 is 0 Å². The molecule has 156 valence electrons. The van der Waals surface area contributed by atoms with Crippen LogP contribution in [0.4, 0.5) is 0 Å². The van der Waals surface area contributed by atoms with E-state index >= 15 is 0 Å². The SMILES string of the molecule is CCCCNC(=O)CN1CC[C@]2(O)CCCC[C@H]2[C@@H]1c1ccc(O)c(OC)c1. The van der Waals surface area contributed by atoms with Gasteiger partial charge in [0.15, 0.2) is 11.5 Å². The van der Waals surface area contributed by atoms with E-state index < -0.39 is 5.60 Å². The molecule has 1 saturated heterocycles. The lowest BCUT2D eigenvalue weighted by Crippen LogP contribution is -2.56. The molecule has 0 spiro atoms. The molecule has 6 nitrogen and oxygen atoms in total. The van der Waals surface area contributed by atoms with Crippen LogP contribution >= 0.6 is 0 Å². The number of hydrogen-bond donors (Lipinski definition) is 3. The number of phenolic OH excluding ortho intramolecular Hbond substituents is 1. The smallest absolute Gasteiger partial charge is 0.234 e. The highest BCUT2D eigenvalue weighted by Gasteiger charge is 2.49. The van der Waals surface area contributed by atoms with Gasteiger partial charge in [0.25, 0.3) is 0 Å². The van der Waals surface area contributed by atoms with Crippen LogP contribution in [0.25, 0.3) is 0 Å². The van der Waals surface area contributed by atoms with Crippen LogP contribution in [0.1, 0.15) is 63.5 Å². The third kappa shape index (κ3) is 4.44. The fourth-order valence-corrected chi connectivity index (χ4v) is 4.89. The van der Waals surface area contributed by atoms with Crippen molar-refractivity contribution in [3.05, 3.63) is 23.8 Å². The third-order valence-corrected chi connectivity index (χ3v) is 6.42. The fourth-order valence-electron chi connectivity index (χ4n) is 4.89. The molecular weight excluding hydrogens is 356 g/mol. The van der Waals surface area contributed by atoms with Gasteiger partial charge < -0.3 is 20.3 Å². The van der Waals surface area contributed by atoms with E-state index in [1.54, 1.807) is 6.07 Å². The second-order valence-electron chi connectivity index (χ2n) is 8.26. The Morgan fingerprint density at radius 2 is 2.18 bits per heavy atom. The summed E-state index contributed by atoms with van der Waals surface area (Å²) in [6, 6.07) is 5.32. The van der Waals surface area contributed by atoms with Crippen LogP contribution in [-0.2, 0) is 4.79 Å². The van der Waals surface area contributed by atoms with E-state index in [0.717, 1.165) is 44.1 Å². The number of ether oxygens (including phenoxy) is 1. The first-order valence-corrected chi connectivity index (χ1v) is 10.6. The molecule has 1 aromatic rings. The molecule has 0 aromatic heterocycles. The number of carbonyl (C=O) groups excluding carboxylic acids is 1. The number of methoxy groups -OCH3 is 1. The maximum Gasteiger partial charge on any atom is 0.234 e. The number of aromatic hydroxyl groups is 1. The Labute approximate surface area is 167 Å². The predicted octanol–water partition coefficient (Wildman–Crippen LogP) is 2.99. The van der Waals surface area contributed by atoms with Crippen LogP contribution in [-0.4, -0.2) is 53.4 Å². The minimum atomic E-state index is -0.677. The lowest BCUT2D eigenvalue weighted by molar-refractivity contribution is -0.137. The van der Waals surface area contributed by atoms with Crippen LogP contribution in [0.15, 0.2) is 18.2 Å². The number of carbonyl (C=O) groups is 1. The number of hydrogen-bond acceptors (Lipinski definition) is 5. The summed E-state index contributed by atoms with van der Waals surface area (Å²) >= 11 is 0. The normalized spacial score (nSPS) is 27.8. The van der Waals surface area contributed by atoms with E-state index in [1.165, 1.54) is 7.11 Å². The number of benzene rings is 1. The zero-order valence-electron chi connectivity index (χ0n) is 17.1. The highest BCUT2D eigenvalue weighted by Crippen LogP contribution is 2.49. The maximum atomic E-state index is 12.5. The number of likely N-dealkylation sites (tertiary alicyclic amines) is 1. The first kappa shape index (κ1) is 20.9. The summed E-state index contributed by atoms with van der Waals surface area (Å²) in [5.41, 5.74) is 0.310. The van der Waals surface area contributed by atoms with E-state index in [4.69, 9.17) is 4.74 Å². The van der Waals surface area contributed by atoms with E-state index in [1.807, 2.05) is 12.1 Å². The van der Waals surface area contributed by atoms with E-state index in [-0.39, 0.29) is 23.6 Å². The number of aliphatic hydroxyl groups is 1. The van der Waals surface area contributed by atoms with Crippen LogP contribution < -0.4 is 10.1 Å². The molecule has 0 unspecified atom stereocenters. The molecular formula is C22H34N2O4. The van der Waals surface area contributed by atoms with Gasteiger partial charge in [0, 0.05) is 25.0 Å². The highest BCUT2D eigenvalue weighted by atomic mass is 16.5. The first-order valence-electron chi connectivity index (χ1n) is 10.6. The standard InChI is InChI=1S/C22H34N2O4/c1-3-4-12-23-20(26)15-24-13-11-22(27)10-6-5-7-17(22)21(24)16-8-9-18(25)19(14-16)28-2/h8-9,14,17,21,25,27H,3-7,10-13,15H2,1-2H3,(H,23,26)/t17-,21-,22+/m0/s1. The van der Waals surface area contributed by atoms with Gasteiger partial charge in [-0.1, -0.05) is 32.3 Å². The van der Waals surface area contributed by atoms with Crippen molar-refractivity contribution >= 4 is 5.91 Å². The number of fused-ring (bicyclic) bond motifs is 1. The Morgan fingerprint density at radius 3 is 2.93 bits per heavy atom. The highest BCUT2D eigenvalue weighted by molar-refractivity contribution is 5.78. The molecule has 1 aromatic carbocycles. The Morgan fingerprint density at radius 1 is 1.36 bits per heavy atom. The van der Waals surface area contributed by atoms with Gasteiger partial charge in [0.05, 0.1) is 19.3 Å². The van der Waals surface area contributed by atoms with Crippen LogP contribution in [0.3, 0.4) is 0 Å². The Kier molecular flexibility index (Phi) is 6.83. The van der Waals surface area contributed by atoms with Gasteiger partial charge in [-0.3, -0.25) is 9.69 Å². The van der Waals surface area contributed by atoms with Crippen molar-refractivity contribution in [2.45, 2.75) is 63.5 Å². The molecule has 1 aliphatic heterocycles. The van der Waals surface area contributed by atoms with Crippen molar-refractivity contribution in [3.63, 3.8) is 0 Å². The number of piperidine rings is 1. The number of nitrogens with one attached hydrogen (secondary N) is 1. The summed E-state index contributed by atoms with van der Waals surface area (Å²) in [7, 11) is 1.54. The summed E-state index contributed by atoms with van der Waals surface area (Å²) in [4.78, 5) is 14.7. The van der Waals surface area contributed by atoms with Gasteiger partial charge in [0.2, 0.25) is 5.91 Å². The Balaban J connectivity index is 1.86. The van der Waals surface area contributed by atoms with Gasteiger partial charge in [-0.05, 0) is 43.4 Å². The molecule has 6 heteroatoms. The number of amides is 1.